The number of aliphatic hydroxyl groups is 1. The van der Waals surface area contributed by atoms with Gasteiger partial charge in [-0.05, 0) is 62.5 Å². The molecule has 10 nitrogen and oxygen atoms in total. The van der Waals surface area contributed by atoms with Crippen molar-refractivity contribution < 1.29 is 39.0 Å². The number of hydrogen-bond donors (Lipinski definition) is 3. The van der Waals surface area contributed by atoms with Gasteiger partial charge in [-0.1, -0.05) is 30.3 Å². The van der Waals surface area contributed by atoms with E-state index in [9.17, 15) is 39.0 Å². The second kappa shape index (κ2) is 9.03. The second-order valence-electron chi connectivity index (χ2n) is 10.9. The number of likely N-dealkylation sites (N-methyl/N-ethyl adjacent to an activating group) is 1. The first-order valence-corrected chi connectivity index (χ1v) is 12.6. The highest BCUT2D eigenvalue weighted by Crippen LogP contribution is 2.51. The molecule has 202 valence electrons. The van der Waals surface area contributed by atoms with Gasteiger partial charge < -0.3 is 15.9 Å². The molecule has 0 radical (unpaired) electrons. The third kappa shape index (κ3) is 3.70. The van der Waals surface area contributed by atoms with E-state index in [1.807, 2.05) is 0 Å². The van der Waals surface area contributed by atoms with Crippen LogP contribution in [0.5, 0.6) is 5.75 Å². The van der Waals surface area contributed by atoms with E-state index in [1.54, 1.807) is 30.3 Å². The summed E-state index contributed by atoms with van der Waals surface area (Å²) in [6.45, 7) is 1.45. The van der Waals surface area contributed by atoms with Crippen LogP contribution in [0.2, 0.25) is 0 Å². The number of phenolic OH excluding ortho intramolecular Hbond substituents is 1. The molecule has 5 rings (SSSR count). The molecule has 2 fully saturated rings. The van der Waals surface area contributed by atoms with Gasteiger partial charge in [0.1, 0.15) is 5.75 Å². The number of nitrogens with two attached hydrogens (primary N) is 1. The molecule has 6 atom stereocenters. The lowest BCUT2D eigenvalue weighted by atomic mass is 9.52. The number of Topliss-reactive ketones (excluding diaryl/α,β-unsaturated/α-hetero) is 5. The summed E-state index contributed by atoms with van der Waals surface area (Å²) in [5.74, 6) is -10.9. The number of nitrogens with zero attached hydrogens (tertiary/aromatic N) is 1. The molecular formula is C29H28N2O8. The SMILES string of the molecule is CC(=O)c1ccc(-c2ccc(O)c3c2C[C@H]2C[C@H]4[C@H](N(C)C)C(=O)C(C(N)=O)C(=O)[C@@]4(O)C(=O)C2C3=O)cc1. The predicted octanol–water partition coefficient (Wildman–Crippen LogP) is 0.737. The molecule has 10 heteroatoms. The molecular weight excluding hydrogens is 504 g/mol. The number of ketones is 5. The van der Waals surface area contributed by atoms with Gasteiger partial charge in [0.2, 0.25) is 5.91 Å². The molecule has 4 N–H and O–H groups in total. The fourth-order valence-corrected chi connectivity index (χ4v) is 6.76. The van der Waals surface area contributed by atoms with Crippen LogP contribution in [-0.2, 0) is 25.6 Å². The number of fused-ring (bicyclic) bond motifs is 3. The summed E-state index contributed by atoms with van der Waals surface area (Å²) in [6.07, 6.45) is 0.131. The number of phenols is 1. The molecule has 2 saturated carbocycles. The van der Waals surface area contributed by atoms with E-state index in [0.29, 0.717) is 22.3 Å². The Labute approximate surface area is 223 Å². The van der Waals surface area contributed by atoms with Crippen molar-refractivity contribution in [2.45, 2.75) is 31.4 Å². The van der Waals surface area contributed by atoms with Gasteiger partial charge in [0, 0.05) is 11.5 Å². The number of hydrogen-bond acceptors (Lipinski definition) is 9. The maximum atomic E-state index is 13.9. The van der Waals surface area contributed by atoms with E-state index in [-0.39, 0.29) is 29.9 Å². The highest BCUT2D eigenvalue weighted by Gasteiger charge is 2.69. The summed E-state index contributed by atoms with van der Waals surface area (Å²) < 4.78 is 0. The Hall–Kier alpha value is -4.02. The molecule has 2 aromatic carbocycles. The third-order valence-corrected chi connectivity index (χ3v) is 8.55. The number of aromatic hydroxyl groups is 1. The van der Waals surface area contributed by atoms with Crippen molar-refractivity contribution in [3.05, 3.63) is 53.1 Å². The maximum absolute atomic E-state index is 13.9. The van der Waals surface area contributed by atoms with Crippen LogP contribution >= 0.6 is 0 Å². The van der Waals surface area contributed by atoms with E-state index in [4.69, 9.17) is 5.73 Å². The molecule has 3 aliphatic rings. The topological polar surface area (TPSA) is 172 Å². The minimum Gasteiger partial charge on any atom is -0.507 e. The van der Waals surface area contributed by atoms with Crippen molar-refractivity contribution in [3.63, 3.8) is 0 Å². The first-order chi connectivity index (χ1) is 18.3. The molecule has 0 aliphatic heterocycles. The van der Waals surface area contributed by atoms with E-state index in [1.165, 1.54) is 32.0 Å². The summed E-state index contributed by atoms with van der Waals surface area (Å²) in [5.41, 5.74) is 4.84. The Bertz CT molecular complexity index is 1480. The number of benzene rings is 2. The van der Waals surface area contributed by atoms with Gasteiger partial charge in [0.25, 0.3) is 0 Å². The summed E-state index contributed by atoms with van der Waals surface area (Å²) in [5, 5.41) is 22.3. The van der Waals surface area contributed by atoms with E-state index >= 15 is 0 Å². The van der Waals surface area contributed by atoms with Gasteiger partial charge in [0.05, 0.1) is 17.5 Å². The summed E-state index contributed by atoms with van der Waals surface area (Å²) >= 11 is 0. The fourth-order valence-electron chi connectivity index (χ4n) is 6.76. The number of primary amides is 1. The summed E-state index contributed by atoms with van der Waals surface area (Å²) in [4.78, 5) is 79.4. The van der Waals surface area contributed by atoms with Crippen molar-refractivity contribution in [1.29, 1.82) is 0 Å². The number of carbonyl (C=O) groups is 6. The van der Waals surface area contributed by atoms with Gasteiger partial charge in [-0.3, -0.25) is 33.7 Å². The second-order valence-corrected chi connectivity index (χ2v) is 10.9. The van der Waals surface area contributed by atoms with Crippen molar-refractivity contribution in [3.8, 4) is 16.9 Å². The molecule has 2 unspecified atom stereocenters. The monoisotopic (exact) mass is 532 g/mol. The van der Waals surface area contributed by atoms with Crippen LogP contribution in [0, 0.1) is 23.7 Å². The van der Waals surface area contributed by atoms with Gasteiger partial charge in [-0.2, -0.15) is 0 Å². The van der Waals surface area contributed by atoms with Crippen molar-refractivity contribution in [2.75, 3.05) is 14.1 Å². The highest BCUT2D eigenvalue weighted by molar-refractivity contribution is 6.32. The molecule has 3 aliphatic carbocycles. The molecule has 0 spiro atoms. The first kappa shape index (κ1) is 26.6. The Morgan fingerprint density at radius 3 is 2.21 bits per heavy atom. The van der Waals surface area contributed by atoms with Gasteiger partial charge in [-0.15, -0.1) is 0 Å². The quantitative estimate of drug-likeness (QED) is 0.379. The van der Waals surface area contributed by atoms with E-state index in [0.717, 1.165) is 0 Å². The smallest absolute Gasteiger partial charge is 0.235 e. The third-order valence-electron chi connectivity index (χ3n) is 8.55. The lowest BCUT2D eigenvalue weighted by Crippen LogP contribution is -2.74. The van der Waals surface area contributed by atoms with Gasteiger partial charge in [0.15, 0.2) is 40.4 Å². The molecule has 39 heavy (non-hydrogen) atoms. The molecule has 1 amide bonds. The summed E-state index contributed by atoms with van der Waals surface area (Å²) in [7, 11) is 3.07. The largest absolute Gasteiger partial charge is 0.507 e. The van der Waals surface area contributed by atoms with E-state index in [2.05, 4.69) is 0 Å². The molecule has 2 aromatic rings. The Balaban J connectivity index is 1.64. The first-order valence-electron chi connectivity index (χ1n) is 12.6. The zero-order valence-electron chi connectivity index (χ0n) is 21.6. The van der Waals surface area contributed by atoms with Crippen LogP contribution in [0.1, 0.15) is 39.6 Å². The van der Waals surface area contributed by atoms with Crippen molar-refractivity contribution in [2.24, 2.45) is 29.4 Å². The average Bonchev–Trinajstić information content (AvgIpc) is 2.86. The van der Waals surface area contributed by atoms with Crippen LogP contribution in [0.25, 0.3) is 11.1 Å². The summed E-state index contributed by atoms with van der Waals surface area (Å²) in [6, 6.07) is 8.61. The predicted molar refractivity (Wildman–Crippen MR) is 137 cm³/mol. The maximum Gasteiger partial charge on any atom is 0.235 e. The minimum absolute atomic E-state index is 0.0255. The van der Waals surface area contributed by atoms with Crippen LogP contribution in [0.3, 0.4) is 0 Å². The molecule has 0 bridgehead atoms. The number of amides is 1. The van der Waals surface area contributed by atoms with Gasteiger partial charge >= 0.3 is 0 Å². The Morgan fingerprint density at radius 2 is 1.64 bits per heavy atom. The highest BCUT2D eigenvalue weighted by atomic mass is 16.3. The standard InChI is InChI=1S/C29H28N2O8/c1-12(32)13-4-6-14(7-5-13)16-8-9-19(33)21-17(16)10-15-11-18-23(31(2)3)25(35)22(28(30)38)27(37)29(18,39)26(36)20(15)24(21)34/h4-9,15,18,20,22-23,33,39H,10-11H2,1-3H3,(H2,30,38)/t15-,18-,20?,22?,23-,29-/m0/s1. The Kier molecular flexibility index (Phi) is 6.15. The molecule has 0 saturated heterocycles. The van der Waals surface area contributed by atoms with E-state index < -0.39 is 64.4 Å². The van der Waals surface area contributed by atoms with Gasteiger partial charge in [-0.25, -0.2) is 0 Å². The van der Waals surface area contributed by atoms with Crippen LogP contribution in [0.4, 0.5) is 0 Å². The zero-order valence-corrected chi connectivity index (χ0v) is 21.6. The van der Waals surface area contributed by atoms with Crippen molar-refractivity contribution >= 4 is 34.8 Å². The Morgan fingerprint density at radius 1 is 1.00 bits per heavy atom. The van der Waals surface area contributed by atoms with Crippen LogP contribution in [0.15, 0.2) is 36.4 Å². The lowest BCUT2D eigenvalue weighted by molar-refractivity contribution is -0.181. The normalized spacial score (nSPS) is 30.0. The lowest BCUT2D eigenvalue weighted by Gasteiger charge is -2.52. The van der Waals surface area contributed by atoms with Crippen molar-refractivity contribution in [1.82, 2.24) is 4.90 Å². The zero-order chi connectivity index (χ0) is 28.5. The molecule has 0 heterocycles. The fraction of sp³-hybridized carbons (Fsp3) is 0.379. The minimum atomic E-state index is -2.76. The van der Waals surface area contributed by atoms with Crippen LogP contribution < -0.4 is 5.73 Å². The van der Waals surface area contributed by atoms with Crippen LogP contribution in [-0.4, -0.2) is 75.7 Å². The number of rotatable bonds is 4. The molecule has 0 aromatic heterocycles. The average molecular weight is 533 g/mol. The number of carbonyl (C=O) groups excluding carboxylic acids is 6.